The van der Waals surface area contributed by atoms with Crippen molar-refractivity contribution in [1.29, 1.82) is 0 Å². The average Bonchev–Trinajstić information content (AvgIpc) is 1.95. The van der Waals surface area contributed by atoms with Crippen LogP contribution in [0.2, 0.25) is 0 Å². The minimum atomic E-state index is -2.04. The van der Waals surface area contributed by atoms with Crippen LogP contribution in [0.25, 0.3) is 0 Å². The van der Waals surface area contributed by atoms with Crippen molar-refractivity contribution >= 4 is 5.97 Å². The highest BCUT2D eigenvalue weighted by molar-refractivity contribution is 5.63. The number of carbonyl (C=O) groups is 1. The number of hydrogen-bond acceptors (Lipinski definition) is 2. The minimum Gasteiger partial charge on any atom is -0.550 e. The van der Waals surface area contributed by atoms with Crippen LogP contribution >= 0.6 is 0 Å². The van der Waals surface area contributed by atoms with Gasteiger partial charge < -0.3 is 14.4 Å². The first kappa shape index (κ1) is 6.00. The van der Waals surface area contributed by atoms with Gasteiger partial charge in [-0.2, -0.15) is 0 Å². The topological polar surface area (TPSA) is 40.1 Å². The van der Waals surface area contributed by atoms with Crippen molar-refractivity contribution in [3.8, 4) is 0 Å². The second kappa shape index (κ2) is 4.34. The Morgan fingerprint density at radius 2 is 2.18 bits per heavy atom. The summed E-state index contributed by atoms with van der Waals surface area (Å²) in [6.07, 6.45) is 1.06. The van der Waals surface area contributed by atoms with Crippen molar-refractivity contribution < 1.29 is 18.5 Å². The molecule has 0 aliphatic heterocycles. The first-order chi connectivity index (χ1) is 6.17. The highest BCUT2D eigenvalue weighted by atomic mass is 16.4. The van der Waals surface area contributed by atoms with Crippen LogP contribution in [-0.2, 0) is 4.79 Å². The maximum atomic E-state index is 10.1. The molecular weight excluding hydrogens is 142 g/mol. The van der Waals surface area contributed by atoms with Gasteiger partial charge in [0.2, 0.25) is 0 Å². The van der Waals surface area contributed by atoms with Gasteiger partial charge in [-0.15, -0.1) is 0 Å². The van der Waals surface area contributed by atoms with Gasteiger partial charge in [-0.1, -0.05) is 0 Å². The van der Waals surface area contributed by atoms with E-state index in [0.29, 0.717) is 19.4 Å². The molecule has 0 aliphatic carbocycles. The van der Waals surface area contributed by atoms with Gasteiger partial charge in [0, 0.05) is 5.97 Å². The summed E-state index contributed by atoms with van der Waals surface area (Å²) in [5, 5.41) is 10.1. The van der Waals surface area contributed by atoms with Crippen molar-refractivity contribution in [2.24, 2.45) is 0 Å². The number of nitrogens with zero attached hydrogens (tertiary/aromatic N) is 1. The van der Waals surface area contributed by atoms with Crippen LogP contribution in [-0.4, -0.2) is 38.1 Å². The lowest BCUT2D eigenvalue weighted by molar-refractivity contribution is -0.870. The predicted molar refractivity (Wildman–Crippen MR) is 41.8 cm³/mol. The summed E-state index contributed by atoms with van der Waals surface area (Å²) >= 11 is 0. The lowest BCUT2D eigenvalue weighted by Crippen LogP contribution is -2.35. The highest BCUT2D eigenvalue weighted by Gasteiger charge is 2.04. The van der Waals surface area contributed by atoms with Gasteiger partial charge in [-0.25, -0.2) is 0 Å². The summed E-state index contributed by atoms with van der Waals surface area (Å²) in [6.45, 7) is -1.59. The Balaban J connectivity index is 3.83. The Labute approximate surface area is 72.4 Å². The van der Waals surface area contributed by atoms with E-state index in [1.165, 1.54) is 0 Å². The van der Waals surface area contributed by atoms with Gasteiger partial charge in [0.05, 0.1) is 31.7 Å². The summed E-state index contributed by atoms with van der Waals surface area (Å²) in [4.78, 5) is 10.1. The van der Waals surface area contributed by atoms with Crippen LogP contribution < -0.4 is 5.11 Å². The number of carbonyl (C=O) groups excluding carboxylic acids is 1. The molecule has 0 aromatic carbocycles. The highest BCUT2D eigenvalue weighted by Crippen LogP contribution is 1.99. The number of carboxylic acid groups (broad SMARTS) is 1. The number of unbranched alkanes of at least 4 members (excludes halogenated alkanes) is 1. The van der Waals surface area contributed by atoms with Gasteiger partial charge in [-0.05, 0) is 19.3 Å². The molecule has 0 bridgehead atoms. The molecule has 0 saturated carbocycles. The van der Waals surface area contributed by atoms with Crippen LogP contribution in [0.4, 0.5) is 0 Å². The smallest absolute Gasteiger partial charge is 0.0886 e. The number of rotatable bonds is 5. The molecule has 0 heterocycles. The Morgan fingerprint density at radius 1 is 1.55 bits per heavy atom. The molecule has 3 heteroatoms. The molecule has 0 rings (SSSR count). The summed E-state index contributed by atoms with van der Waals surface area (Å²) in [7, 11) is 3.23. The van der Waals surface area contributed by atoms with Gasteiger partial charge in [0.15, 0.2) is 0 Å². The molecule has 0 fully saturated rings. The van der Waals surface area contributed by atoms with Crippen molar-refractivity contribution in [3.63, 3.8) is 0 Å². The fourth-order valence-corrected chi connectivity index (χ4v) is 0.776. The van der Waals surface area contributed by atoms with Crippen molar-refractivity contribution in [2.75, 3.05) is 27.6 Å². The van der Waals surface area contributed by atoms with Crippen LogP contribution in [0.1, 0.15) is 23.4 Å². The van der Waals surface area contributed by atoms with E-state index < -0.39 is 12.9 Å². The standard InChI is InChI=1S/C8H17NO2/c1-9(2,3)7-5-4-6-8(10)11/h4-7H2,1-3H3/i1D3. The molecule has 0 unspecified atom stereocenters. The normalized spacial score (nSPS) is 16.7. The fraction of sp³-hybridized carbons (Fsp3) is 0.875. The molecular formula is C8H17NO2. The molecule has 0 amide bonds. The van der Waals surface area contributed by atoms with E-state index in [2.05, 4.69) is 0 Å². The third-order valence-electron chi connectivity index (χ3n) is 1.35. The maximum Gasteiger partial charge on any atom is 0.0886 e. The zero-order valence-electron chi connectivity index (χ0n) is 10.1. The van der Waals surface area contributed by atoms with E-state index in [9.17, 15) is 9.90 Å². The van der Waals surface area contributed by atoms with Gasteiger partial charge in [-0.3, -0.25) is 0 Å². The lowest BCUT2D eigenvalue weighted by atomic mass is 10.2. The molecule has 66 valence electrons. The quantitative estimate of drug-likeness (QED) is 0.408. The molecule has 0 N–H and O–H groups in total. The Hall–Kier alpha value is -0.570. The Bertz CT molecular complexity index is 201. The Morgan fingerprint density at radius 3 is 2.64 bits per heavy atom. The zero-order chi connectivity index (χ0) is 11.4. The number of aliphatic carboxylic acids is 1. The number of carboxylic acids is 1. The van der Waals surface area contributed by atoms with Crippen molar-refractivity contribution in [3.05, 3.63) is 0 Å². The molecule has 0 aromatic heterocycles. The van der Waals surface area contributed by atoms with E-state index >= 15 is 0 Å². The van der Waals surface area contributed by atoms with E-state index in [-0.39, 0.29) is 10.9 Å². The molecule has 11 heavy (non-hydrogen) atoms. The van der Waals surface area contributed by atoms with E-state index in [0.717, 1.165) is 0 Å². The third-order valence-corrected chi connectivity index (χ3v) is 1.35. The van der Waals surface area contributed by atoms with E-state index in [1.807, 2.05) is 0 Å². The van der Waals surface area contributed by atoms with Crippen LogP contribution in [0.3, 0.4) is 0 Å². The summed E-state index contributed by atoms with van der Waals surface area (Å²) < 4.78 is 21.6. The van der Waals surface area contributed by atoms with Gasteiger partial charge in [0.25, 0.3) is 0 Å². The predicted octanol–water partition coefficient (Wildman–Crippen LogP) is -0.387. The summed E-state index contributed by atoms with van der Waals surface area (Å²) in [5.41, 5.74) is 0. The molecule has 0 aliphatic rings. The van der Waals surface area contributed by atoms with Crippen LogP contribution in [0.15, 0.2) is 0 Å². The number of hydrogen-bond donors (Lipinski definition) is 0. The molecule has 0 atom stereocenters. The maximum absolute atomic E-state index is 10.1. The Kier molecular flexibility index (Phi) is 2.37. The van der Waals surface area contributed by atoms with E-state index in [4.69, 9.17) is 4.11 Å². The summed E-state index contributed by atoms with van der Waals surface area (Å²) in [5.74, 6) is -1.08. The molecule has 3 nitrogen and oxygen atoms in total. The SMILES string of the molecule is [2H]C([2H])([2H])[N+](C)(C)CCCCC(=O)[O-]. The lowest BCUT2D eigenvalue weighted by Gasteiger charge is -2.23. The largest absolute Gasteiger partial charge is 0.550 e. The van der Waals surface area contributed by atoms with Crippen LogP contribution in [0, 0.1) is 0 Å². The van der Waals surface area contributed by atoms with Gasteiger partial charge in [0.1, 0.15) is 0 Å². The van der Waals surface area contributed by atoms with E-state index in [1.54, 1.807) is 14.1 Å². The first-order valence-electron chi connectivity index (χ1n) is 5.20. The molecule has 0 aromatic rings. The zero-order valence-corrected chi connectivity index (χ0v) is 7.09. The third kappa shape index (κ3) is 9.43. The monoisotopic (exact) mass is 162 g/mol. The molecule has 0 spiro atoms. The molecule has 0 saturated heterocycles. The molecule has 0 radical (unpaired) electrons. The average molecular weight is 162 g/mol. The fourth-order valence-electron chi connectivity index (χ4n) is 0.776. The first-order valence-corrected chi connectivity index (χ1v) is 3.70. The van der Waals surface area contributed by atoms with Crippen LogP contribution in [0.5, 0.6) is 0 Å². The second-order valence-electron chi connectivity index (χ2n) is 3.24. The van der Waals surface area contributed by atoms with Crippen molar-refractivity contribution in [1.82, 2.24) is 0 Å². The van der Waals surface area contributed by atoms with Gasteiger partial charge >= 0.3 is 0 Å². The second-order valence-corrected chi connectivity index (χ2v) is 3.24. The number of quaternary nitrogens is 1. The minimum absolute atomic E-state index is 0.000992. The van der Waals surface area contributed by atoms with Crippen molar-refractivity contribution in [2.45, 2.75) is 19.3 Å². The summed E-state index contributed by atoms with van der Waals surface area (Å²) in [6, 6.07) is 0.